The van der Waals surface area contributed by atoms with Crippen LogP contribution < -0.4 is 10.5 Å². The second-order valence-electron chi connectivity index (χ2n) is 5.30. The molecule has 6 heteroatoms. The second kappa shape index (κ2) is 6.93. The lowest BCUT2D eigenvalue weighted by Gasteiger charge is -2.24. The van der Waals surface area contributed by atoms with Crippen molar-refractivity contribution in [2.75, 3.05) is 18.1 Å². The van der Waals surface area contributed by atoms with Crippen molar-refractivity contribution in [2.45, 2.75) is 30.7 Å². The minimum Gasteiger partial charge on any atom is -0.310 e. The molecule has 1 fully saturated rings. The summed E-state index contributed by atoms with van der Waals surface area (Å²) in [6, 6.07) is 7.02. The number of nitrogens with one attached hydrogen (secondary N) is 1. The number of hydrogen-bond donors (Lipinski definition) is 2. The summed E-state index contributed by atoms with van der Waals surface area (Å²) in [4.78, 5) is 0.165. The Morgan fingerprint density at radius 3 is 2.45 bits per heavy atom. The van der Waals surface area contributed by atoms with Gasteiger partial charge in [-0.05, 0) is 61.4 Å². The molecule has 1 unspecified atom stereocenters. The summed E-state index contributed by atoms with van der Waals surface area (Å²) in [6.07, 6.45) is 2.57. The van der Waals surface area contributed by atoms with Crippen molar-refractivity contribution in [3.63, 3.8) is 0 Å². The van der Waals surface area contributed by atoms with E-state index < -0.39 is 10.0 Å². The van der Waals surface area contributed by atoms with Gasteiger partial charge in [-0.1, -0.05) is 12.1 Å². The van der Waals surface area contributed by atoms with E-state index in [1.807, 2.05) is 23.9 Å². The molecule has 1 aliphatic heterocycles. The summed E-state index contributed by atoms with van der Waals surface area (Å²) in [5.41, 5.74) is 1.09. The van der Waals surface area contributed by atoms with Gasteiger partial charge in [0, 0.05) is 6.04 Å². The summed E-state index contributed by atoms with van der Waals surface area (Å²) in [7, 11) is -3.60. The largest absolute Gasteiger partial charge is 0.310 e. The van der Waals surface area contributed by atoms with E-state index >= 15 is 0 Å². The molecular formula is C14H22N2O2S2. The molecule has 1 saturated heterocycles. The molecule has 4 nitrogen and oxygen atoms in total. The quantitative estimate of drug-likeness (QED) is 0.873. The monoisotopic (exact) mass is 314 g/mol. The number of nitrogens with two attached hydrogens (primary N) is 1. The summed E-state index contributed by atoms with van der Waals surface area (Å²) < 4.78 is 22.4. The van der Waals surface area contributed by atoms with Crippen LogP contribution in [-0.2, 0) is 10.0 Å². The van der Waals surface area contributed by atoms with Crippen LogP contribution in [0.5, 0.6) is 0 Å². The van der Waals surface area contributed by atoms with Gasteiger partial charge in [0.25, 0.3) is 0 Å². The third-order valence-electron chi connectivity index (χ3n) is 3.76. The summed E-state index contributed by atoms with van der Waals surface area (Å²) >= 11 is 2.04. The van der Waals surface area contributed by atoms with Crippen molar-refractivity contribution in [1.82, 2.24) is 5.32 Å². The standard InChI is InChI=1S/C14H22N2O2S2/c1-11(16-10-12-6-8-19-9-7-12)13-2-4-14(5-3-13)20(15,17)18/h2-5,11-12,16H,6-10H2,1H3,(H2,15,17,18). The van der Waals surface area contributed by atoms with Gasteiger partial charge in [-0.3, -0.25) is 0 Å². The molecular weight excluding hydrogens is 292 g/mol. The Kier molecular flexibility index (Phi) is 5.49. The zero-order valence-electron chi connectivity index (χ0n) is 11.7. The van der Waals surface area contributed by atoms with Crippen molar-refractivity contribution in [3.8, 4) is 0 Å². The zero-order valence-corrected chi connectivity index (χ0v) is 13.3. The Balaban J connectivity index is 1.90. The van der Waals surface area contributed by atoms with Gasteiger partial charge in [0.15, 0.2) is 0 Å². The van der Waals surface area contributed by atoms with Crippen LogP contribution in [0.4, 0.5) is 0 Å². The molecule has 112 valence electrons. The Bertz CT molecular complexity index is 523. The highest BCUT2D eigenvalue weighted by Crippen LogP contribution is 2.23. The van der Waals surface area contributed by atoms with Crippen molar-refractivity contribution in [3.05, 3.63) is 29.8 Å². The van der Waals surface area contributed by atoms with Gasteiger partial charge < -0.3 is 5.32 Å². The minimum absolute atomic E-state index is 0.165. The smallest absolute Gasteiger partial charge is 0.238 e. The first kappa shape index (κ1) is 15.8. The molecule has 0 saturated carbocycles. The number of primary sulfonamides is 1. The van der Waals surface area contributed by atoms with Crippen LogP contribution in [0.15, 0.2) is 29.2 Å². The summed E-state index contributed by atoms with van der Waals surface area (Å²) in [6.45, 7) is 3.13. The van der Waals surface area contributed by atoms with E-state index in [0.717, 1.165) is 18.0 Å². The summed E-state index contributed by atoms with van der Waals surface area (Å²) in [5, 5.41) is 8.63. The van der Waals surface area contributed by atoms with Gasteiger partial charge in [0.05, 0.1) is 4.90 Å². The highest BCUT2D eigenvalue weighted by Gasteiger charge is 2.15. The highest BCUT2D eigenvalue weighted by molar-refractivity contribution is 7.99. The van der Waals surface area contributed by atoms with E-state index in [2.05, 4.69) is 12.2 Å². The maximum Gasteiger partial charge on any atom is 0.238 e. The lowest BCUT2D eigenvalue weighted by molar-refractivity contribution is 0.421. The third kappa shape index (κ3) is 4.48. The predicted octanol–water partition coefficient (Wildman–Crippen LogP) is 2.13. The van der Waals surface area contributed by atoms with E-state index in [4.69, 9.17) is 5.14 Å². The molecule has 0 amide bonds. The fourth-order valence-corrected chi connectivity index (χ4v) is 4.08. The molecule has 0 radical (unpaired) electrons. The average Bonchev–Trinajstić information content (AvgIpc) is 2.45. The SMILES string of the molecule is CC(NCC1CCSCC1)c1ccc(S(N)(=O)=O)cc1. The van der Waals surface area contributed by atoms with Crippen LogP contribution in [0, 0.1) is 5.92 Å². The molecule has 2 rings (SSSR count). The van der Waals surface area contributed by atoms with E-state index in [-0.39, 0.29) is 10.9 Å². The molecule has 0 aliphatic carbocycles. The Morgan fingerprint density at radius 1 is 1.30 bits per heavy atom. The number of sulfonamides is 1. The van der Waals surface area contributed by atoms with Crippen LogP contribution in [0.3, 0.4) is 0 Å². The van der Waals surface area contributed by atoms with Crippen LogP contribution in [0.25, 0.3) is 0 Å². The highest BCUT2D eigenvalue weighted by atomic mass is 32.2. The Hall–Kier alpha value is -0.560. The predicted molar refractivity (Wildman–Crippen MR) is 84.3 cm³/mol. The third-order valence-corrected chi connectivity index (χ3v) is 5.74. The van der Waals surface area contributed by atoms with Crippen LogP contribution >= 0.6 is 11.8 Å². The van der Waals surface area contributed by atoms with E-state index in [9.17, 15) is 8.42 Å². The van der Waals surface area contributed by atoms with Crippen molar-refractivity contribution >= 4 is 21.8 Å². The van der Waals surface area contributed by atoms with Gasteiger partial charge in [0.2, 0.25) is 10.0 Å². The van der Waals surface area contributed by atoms with Crippen LogP contribution in [0.1, 0.15) is 31.4 Å². The van der Waals surface area contributed by atoms with Gasteiger partial charge >= 0.3 is 0 Å². The molecule has 1 aromatic rings. The maximum atomic E-state index is 11.2. The normalized spacial score (nSPS) is 18.9. The number of rotatable bonds is 5. The van der Waals surface area contributed by atoms with Gasteiger partial charge in [0.1, 0.15) is 0 Å². The lowest BCUT2D eigenvalue weighted by Crippen LogP contribution is -2.28. The first-order valence-electron chi connectivity index (χ1n) is 6.90. The molecule has 3 N–H and O–H groups in total. The molecule has 0 aromatic heterocycles. The maximum absolute atomic E-state index is 11.2. The van der Waals surface area contributed by atoms with E-state index in [1.54, 1.807) is 12.1 Å². The van der Waals surface area contributed by atoms with Crippen LogP contribution in [0.2, 0.25) is 0 Å². The number of thioether (sulfide) groups is 1. The van der Waals surface area contributed by atoms with Crippen molar-refractivity contribution in [2.24, 2.45) is 11.1 Å². The molecule has 1 heterocycles. The van der Waals surface area contributed by atoms with Crippen LogP contribution in [-0.4, -0.2) is 26.5 Å². The zero-order chi connectivity index (χ0) is 14.6. The Morgan fingerprint density at radius 2 is 1.90 bits per heavy atom. The first-order chi connectivity index (χ1) is 9.47. The van der Waals surface area contributed by atoms with Crippen molar-refractivity contribution in [1.29, 1.82) is 0 Å². The number of hydrogen-bond acceptors (Lipinski definition) is 4. The molecule has 0 spiro atoms. The molecule has 20 heavy (non-hydrogen) atoms. The second-order valence-corrected chi connectivity index (χ2v) is 8.09. The van der Waals surface area contributed by atoms with Gasteiger partial charge in [-0.25, -0.2) is 13.6 Å². The lowest BCUT2D eigenvalue weighted by atomic mass is 10.0. The van der Waals surface area contributed by atoms with Crippen molar-refractivity contribution < 1.29 is 8.42 Å². The number of benzene rings is 1. The molecule has 1 aromatic carbocycles. The summed E-state index contributed by atoms with van der Waals surface area (Å²) in [5.74, 6) is 3.30. The Labute approximate surface area is 125 Å². The van der Waals surface area contributed by atoms with E-state index in [1.165, 1.54) is 24.3 Å². The fourth-order valence-electron chi connectivity index (χ4n) is 2.36. The fraction of sp³-hybridized carbons (Fsp3) is 0.571. The molecule has 1 atom stereocenters. The van der Waals surface area contributed by atoms with E-state index in [0.29, 0.717) is 0 Å². The molecule has 1 aliphatic rings. The topological polar surface area (TPSA) is 72.2 Å². The van der Waals surface area contributed by atoms with Gasteiger partial charge in [-0.2, -0.15) is 11.8 Å². The molecule has 0 bridgehead atoms. The average molecular weight is 314 g/mol. The minimum atomic E-state index is -3.60. The first-order valence-corrected chi connectivity index (χ1v) is 9.61. The van der Waals surface area contributed by atoms with Gasteiger partial charge in [-0.15, -0.1) is 0 Å².